The number of nitrogens with zero attached hydrogens (tertiary/aromatic N) is 2. The van der Waals surface area contributed by atoms with Gasteiger partial charge in [0.2, 0.25) is 0 Å². The quantitative estimate of drug-likeness (QED) is 0.921. The number of fused-ring (bicyclic) bond motifs is 1. The number of nitrogens with one attached hydrogen (secondary N) is 1. The number of ether oxygens (including phenoxy) is 1. The molecule has 1 aliphatic heterocycles. The van der Waals surface area contributed by atoms with E-state index in [1.54, 1.807) is 0 Å². The molecular formula is C16H21N3OS. The van der Waals surface area contributed by atoms with Gasteiger partial charge in [-0.05, 0) is 26.1 Å². The van der Waals surface area contributed by atoms with Crippen LogP contribution in [0.4, 0.5) is 0 Å². The van der Waals surface area contributed by atoms with E-state index in [0.29, 0.717) is 0 Å². The van der Waals surface area contributed by atoms with E-state index >= 15 is 0 Å². The molecule has 4 nitrogen and oxygen atoms in total. The van der Waals surface area contributed by atoms with Gasteiger partial charge in [-0.25, -0.2) is 4.98 Å². The van der Waals surface area contributed by atoms with Gasteiger partial charge in [0, 0.05) is 36.0 Å². The van der Waals surface area contributed by atoms with Crippen LogP contribution < -0.4 is 10.1 Å². The Morgan fingerprint density at radius 1 is 1.48 bits per heavy atom. The number of para-hydroxylation sites is 1. The molecule has 0 saturated carbocycles. The van der Waals surface area contributed by atoms with Gasteiger partial charge in [0.25, 0.3) is 0 Å². The minimum absolute atomic E-state index is 0.164. The maximum atomic E-state index is 6.19. The lowest BCUT2D eigenvalue weighted by Gasteiger charge is -2.31. The Hall–Kier alpha value is -1.46. The second kappa shape index (κ2) is 6.54. The van der Waals surface area contributed by atoms with Crippen molar-refractivity contribution >= 4 is 11.8 Å². The van der Waals surface area contributed by atoms with Crippen molar-refractivity contribution in [3.05, 3.63) is 42.5 Å². The van der Waals surface area contributed by atoms with E-state index in [1.807, 2.05) is 43.3 Å². The zero-order chi connectivity index (χ0) is 14.7. The van der Waals surface area contributed by atoms with Crippen molar-refractivity contribution in [1.82, 2.24) is 14.9 Å². The molecule has 1 N–H and O–H groups in total. The number of thioether (sulfide) groups is 1. The van der Waals surface area contributed by atoms with Crippen LogP contribution in [0.5, 0.6) is 5.75 Å². The molecule has 1 aromatic heterocycles. The van der Waals surface area contributed by atoms with E-state index in [4.69, 9.17) is 4.74 Å². The molecular weight excluding hydrogens is 282 g/mol. The predicted molar refractivity (Wildman–Crippen MR) is 86.0 cm³/mol. The third kappa shape index (κ3) is 3.09. The van der Waals surface area contributed by atoms with E-state index in [2.05, 4.69) is 33.9 Å². The van der Waals surface area contributed by atoms with Crippen molar-refractivity contribution in [2.24, 2.45) is 0 Å². The lowest BCUT2D eigenvalue weighted by Crippen LogP contribution is -2.46. The summed E-state index contributed by atoms with van der Waals surface area (Å²) >= 11 is 1.87. The Balaban J connectivity index is 1.73. The van der Waals surface area contributed by atoms with Gasteiger partial charge in [0.15, 0.2) is 0 Å². The lowest BCUT2D eigenvalue weighted by molar-refractivity contribution is 0.168. The number of hydrogen-bond acceptors (Lipinski definition) is 4. The van der Waals surface area contributed by atoms with Gasteiger partial charge in [0.1, 0.15) is 17.7 Å². The molecule has 0 radical (unpaired) electrons. The normalized spacial score (nSPS) is 18.9. The summed E-state index contributed by atoms with van der Waals surface area (Å²) in [6.45, 7) is 3.09. The number of imidazole rings is 1. The summed E-state index contributed by atoms with van der Waals surface area (Å²) in [5.74, 6) is 3.08. The van der Waals surface area contributed by atoms with E-state index in [-0.39, 0.29) is 12.1 Å². The van der Waals surface area contributed by atoms with Crippen molar-refractivity contribution in [2.75, 3.05) is 12.8 Å². The predicted octanol–water partition coefficient (Wildman–Crippen LogP) is 2.59. The molecule has 2 atom stereocenters. The second-order valence-electron chi connectivity index (χ2n) is 5.14. The summed E-state index contributed by atoms with van der Waals surface area (Å²) in [5.41, 5.74) is 0. The van der Waals surface area contributed by atoms with E-state index in [0.717, 1.165) is 30.3 Å². The molecule has 0 saturated heterocycles. The molecule has 0 spiro atoms. The number of rotatable bonds is 5. The van der Waals surface area contributed by atoms with Crippen LogP contribution in [0.2, 0.25) is 0 Å². The fourth-order valence-electron chi connectivity index (χ4n) is 2.67. The van der Waals surface area contributed by atoms with E-state index < -0.39 is 0 Å². The minimum atomic E-state index is 0.164. The topological polar surface area (TPSA) is 39.1 Å². The van der Waals surface area contributed by atoms with Gasteiger partial charge in [-0.1, -0.05) is 12.1 Å². The van der Waals surface area contributed by atoms with Crippen LogP contribution in [0.3, 0.4) is 0 Å². The van der Waals surface area contributed by atoms with Crippen LogP contribution in [0.15, 0.2) is 41.6 Å². The minimum Gasteiger partial charge on any atom is -0.487 e. The van der Waals surface area contributed by atoms with Crippen molar-refractivity contribution in [2.45, 2.75) is 36.9 Å². The molecule has 2 heterocycles. The smallest absolute Gasteiger partial charge is 0.133 e. The summed E-state index contributed by atoms with van der Waals surface area (Å²) in [4.78, 5) is 5.71. The highest BCUT2D eigenvalue weighted by molar-refractivity contribution is 7.99. The highest BCUT2D eigenvalue weighted by atomic mass is 32.2. The number of benzene rings is 1. The zero-order valence-electron chi connectivity index (χ0n) is 12.5. The first kappa shape index (κ1) is 14.5. The molecule has 0 fully saturated rings. The number of aryl methyl sites for hydroxylation is 1. The maximum absolute atomic E-state index is 6.19. The third-order valence-corrected chi connectivity index (χ3v) is 5.04. The van der Waals surface area contributed by atoms with Crippen LogP contribution in [0.25, 0.3) is 0 Å². The number of aromatic nitrogens is 2. The molecule has 0 amide bonds. The molecule has 0 aliphatic carbocycles. The van der Waals surface area contributed by atoms with Gasteiger partial charge in [-0.3, -0.25) is 0 Å². The largest absolute Gasteiger partial charge is 0.487 e. The number of likely N-dealkylation sites (N-methyl/N-ethyl adjacent to an activating group) is 1. The summed E-state index contributed by atoms with van der Waals surface area (Å²) in [6, 6.07) is 8.52. The average Bonchev–Trinajstić information content (AvgIpc) is 2.99. The maximum Gasteiger partial charge on any atom is 0.133 e. The zero-order valence-corrected chi connectivity index (χ0v) is 13.3. The Labute approximate surface area is 129 Å². The first-order valence-corrected chi connectivity index (χ1v) is 8.36. The van der Waals surface area contributed by atoms with Crippen molar-refractivity contribution in [3.8, 4) is 5.75 Å². The molecule has 112 valence electrons. The third-order valence-electron chi connectivity index (χ3n) is 3.90. The first-order valence-electron chi connectivity index (χ1n) is 7.37. The van der Waals surface area contributed by atoms with Gasteiger partial charge in [-0.15, -0.1) is 11.8 Å². The van der Waals surface area contributed by atoms with Crippen molar-refractivity contribution in [1.29, 1.82) is 0 Å². The molecule has 2 unspecified atom stereocenters. The summed E-state index contributed by atoms with van der Waals surface area (Å²) < 4.78 is 8.38. The van der Waals surface area contributed by atoms with Crippen LogP contribution in [-0.4, -0.2) is 34.5 Å². The van der Waals surface area contributed by atoms with Gasteiger partial charge < -0.3 is 14.6 Å². The van der Waals surface area contributed by atoms with E-state index in [1.165, 1.54) is 4.90 Å². The summed E-state index contributed by atoms with van der Waals surface area (Å²) in [6.07, 6.45) is 4.95. The molecule has 21 heavy (non-hydrogen) atoms. The van der Waals surface area contributed by atoms with Crippen molar-refractivity contribution in [3.63, 3.8) is 0 Å². The molecule has 1 aromatic carbocycles. The van der Waals surface area contributed by atoms with Crippen LogP contribution in [0.1, 0.15) is 12.7 Å². The Morgan fingerprint density at radius 3 is 3.14 bits per heavy atom. The fraction of sp³-hybridized carbons (Fsp3) is 0.438. The Bertz CT molecular complexity index is 599. The van der Waals surface area contributed by atoms with Crippen LogP contribution in [-0.2, 0) is 13.0 Å². The first-order chi connectivity index (χ1) is 10.3. The summed E-state index contributed by atoms with van der Waals surface area (Å²) in [7, 11) is 2.00. The van der Waals surface area contributed by atoms with E-state index in [9.17, 15) is 0 Å². The average molecular weight is 303 g/mol. The monoisotopic (exact) mass is 303 g/mol. The fourth-order valence-corrected chi connectivity index (χ4v) is 3.75. The van der Waals surface area contributed by atoms with Crippen molar-refractivity contribution < 1.29 is 4.74 Å². The standard InChI is InChI=1S/C16H21N3OS/c1-3-19-9-8-18-16(19)10-12(17-2)14-11-21-15-7-5-4-6-13(15)20-14/h4-9,12,14,17H,3,10-11H2,1-2H3. The lowest BCUT2D eigenvalue weighted by atomic mass is 10.1. The summed E-state index contributed by atoms with van der Waals surface area (Å²) in [5, 5.41) is 3.40. The highest BCUT2D eigenvalue weighted by Gasteiger charge is 2.28. The second-order valence-corrected chi connectivity index (χ2v) is 6.20. The molecule has 5 heteroatoms. The van der Waals surface area contributed by atoms with Crippen LogP contribution in [0, 0.1) is 0 Å². The molecule has 3 rings (SSSR count). The molecule has 1 aliphatic rings. The molecule has 0 bridgehead atoms. The Morgan fingerprint density at radius 2 is 2.33 bits per heavy atom. The van der Waals surface area contributed by atoms with Gasteiger partial charge >= 0.3 is 0 Å². The highest BCUT2D eigenvalue weighted by Crippen LogP contribution is 2.35. The van der Waals surface area contributed by atoms with Crippen LogP contribution >= 0.6 is 11.8 Å². The van der Waals surface area contributed by atoms with Gasteiger partial charge in [-0.2, -0.15) is 0 Å². The SMILES string of the molecule is CCn1ccnc1CC(NC)C1CSc2ccccc2O1. The molecule has 2 aromatic rings. The van der Waals surface area contributed by atoms with Gasteiger partial charge in [0.05, 0.1) is 6.04 Å². The Kier molecular flexibility index (Phi) is 4.51. The number of hydrogen-bond donors (Lipinski definition) is 1.